The molecule has 0 saturated carbocycles. The average Bonchev–Trinajstić information content (AvgIpc) is 2.46. The predicted molar refractivity (Wildman–Crippen MR) is 75.9 cm³/mol. The van der Waals surface area contributed by atoms with Gasteiger partial charge in [0.2, 0.25) is 0 Å². The van der Waals surface area contributed by atoms with Crippen LogP contribution in [0.15, 0.2) is 23.1 Å². The number of H-pyrrole nitrogens is 1. The van der Waals surface area contributed by atoms with E-state index in [9.17, 15) is 9.59 Å². The molecule has 1 saturated heterocycles. The summed E-state index contributed by atoms with van der Waals surface area (Å²) in [6.45, 7) is 7.79. The van der Waals surface area contributed by atoms with Gasteiger partial charge in [0.25, 0.3) is 11.5 Å². The third-order valence-electron chi connectivity index (χ3n) is 3.61. The van der Waals surface area contributed by atoms with Crippen molar-refractivity contribution in [3.05, 3.63) is 34.2 Å². The van der Waals surface area contributed by atoms with Crippen LogP contribution in [0.2, 0.25) is 0 Å². The fourth-order valence-corrected chi connectivity index (χ4v) is 2.27. The number of pyridine rings is 1. The maximum absolute atomic E-state index is 12.0. The maximum atomic E-state index is 12.0. The van der Waals surface area contributed by atoms with Crippen LogP contribution >= 0.6 is 0 Å². The SMILES string of the molecule is CC(C)(CNC(=O)c1ccc[nH]c1=O)N1CCOCC1. The number of hydrogen-bond acceptors (Lipinski definition) is 4. The molecule has 2 rings (SSSR count). The number of ether oxygens (including phenoxy) is 1. The van der Waals surface area contributed by atoms with E-state index in [4.69, 9.17) is 4.74 Å². The van der Waals surface area contributed by atoms with Gasteiger partial charge < -0.3 is 15.0 Å². The molecule has 0 aliphatic carbocycles. The molecule has 1 aliphatic rings. The summed E-state index contributed by atoms with van der Waals surface area (Å²) < 4.78 is 5.33. The van der Waals surface area contributed by atoms with Crippen molar-refractivity contribution in [2.24, 2.45) is 0 Å². The standard InChI is InChI=1S/C14H21N3O3/c1-14(2,17-6-8-20-9-7-17)10-16-13(19)11-4-3-5-15-12(11)18/h3-5H,6-10H2,1-2H3,(H,15,18)(H,16,19). The van der Waals surface area contributed by atoms with Gasteiger partial charge in [0, 0.05) is 31.4 Å². The van der Waals surface area contributed by atoms with Crippen LogP contribution in [0.25, 0.3) is 0 Å². The molecule has 20 heavy (non-hydrogen) atoms. The van der Waals surface area contributed by atoms with Crippen molar-refractivity contribution in [3.8, 4) is 0 Å². The highest BCUT2D eigenvalue weighted by molar-refractivity contribution is 5.93. The van der Waals surface area contributed by atoms with Crippen LogP contribution in [0.3, 0.4) is 0 Å². The van der Waals surface area contributed by atoms with Crippen LogP contribution in [0.4, 0.5) is 0 Å². The minimum Gasteiger partial charge on any atom is -0.379 e. The Labute approximate surface area is 118 Å². The van der Waals surface area contributed by atoms with Crippen LogP contribution < -0.4 is 10.9 Å². The van der Waals surface area contributed by atoms with Gasteiger partial charge in [-0.1, -0.05) is 0 Å². The highest BCUT2D eigenvalue weighted by Gasteiger charge is 2.28. The Morgan fingerprint density at radius 1 is 1.45 bits per heavy atom. The highest BCUT2D eigenvalue weighted by atomic mass is 16.5. The highest BCUT2D eigenvalue weighted by Crippen LogP contribution is 2.15. The van der Waals surface area contributed by atoms with E-state index in [2.05, 4.69) is 29.0 Å². The van der Waals surface area contributed by atoms with E-state index in [1.807, 2.05) is 0 Å². The Morgan fingerprint density at radius 3 is 2.80 bits per heavy atom. The predicted octanol–water partition coefficient (Wildman–Crippen LogP) is 0.216. The molecule has 6 heteroatoms. The summed E-state index contributed by atoms with van der Waals surface area (Å²) in [7, 11) is 0. The number of nitrogens with one attached hydrogen (secondary N) is 2. The lowest BCUT2D eigenvalue weighted by Gasteiger charge is -2.40. The van der Waals surface area contributed by atoms with Crippen LogP contribution in [-0.4, -0.2) is 54.2 Å². The summed E-state index contributed by atoms with van der Waals surface area (Å²) in [5.41, 5.74) is -0.388. The quantitative estimate of drug-likeness (QED) is 0.826. The molecule has 2 N–H and O–H groups in total. The number of nitrogens with zero attached hydrogens (tertiary/aromatic N) is 1. The summed E-state index contributed by atoms with van der Waals surface area (Å²) >= 11 is 0. The van der Waals surface area contributed by atoms with Crippen LogP contribution in [-0.2, 0) is 4.74 Å². The Hall–Kier alpha value is -1.66. The lowest BCUT2D eigenvalue weighted by Crippen LogP contribution is -2.55. The molecule has 0 spiro atoms. The Balaban J connectivity index is 1.95. The first kappa shape index (κ1) is 14.7. The average molecular weight is 279 g/mol. The smallest absolute Gasteiger partial charge is 0.260 e. The second-order valence-corrected chi connectivity index (χ2v) is 5.51. The van der Waals surface area contributed by atoms with E-state index in [-0.39, 0.29) is 22.6 Å². The minimum atomic E-state index is -0.367. The largest absolute Gasteiger partial charge is 0.379 e. The Bertz CT molecular complexity index is 518. The number of carbonyl (C=O) groups excluding carboxylic acids is 1. The molecule has 0 bridgehead atoms. The number of aromatic amines is 1. The molecule has 0 aromatic carbocycles. The molecule has 110 valence electrons. The first-order valence-electron chi connectivity index (χ1n) is 6.79. The van der Waals surface area contributed by atoms with Crippen LogP contribution in [0.5, 0.6) is 0 Å². The first-order valence-corrected chi connectivity index (χ1v) is 6.79. The second kappa shape index (κ2) is 6.19. The summed E-state index contributed by atoms with van der Waals surface area (Å²) in [5, 5.41) is 2.84. The molecule has 2 heterocycles. The van der Waals surface area contributed by atoms with Gasteiger partial charge in [0.1, 0.15) is 5.56 Å². The number of amides is 1. The number of rotatable bonds is 4. The molecular weight excluding hydrogens is 258 g/mol. The van der Waals surface area contributed by atoms with Crippen LogP contribution in [0.1, 0.15) is 24.2 Å². The van der Waals surface area contributed by atoms with Gasteiger partial charge in [-0.3, -0.25) is 14.5 Å². The van der Waals surface area contributed by atoms with E-state index in [0.29, 0.717) is 6.54 Å². The van der Waals surface area contributed by atoms with E-state index >= 15 is 0 Å². The van der Waals surface area contributed by atoms with Gasteiger partial charge in [-0.05, 0) is 26.0 Å². The normalized spacial score (nSPS) is 16.9. The van der Waals surface area contributed by atoms with E-state index in [0.717, 1.165) is 26.3 Å². The molecular formula is C14H21N3O3. The fourth-order valence-electron chi connectivity index (χ4n) is 2.27. The molecule has 1 aliphatic heterocycles. The van der Waals surface area contributed by atoms with Gasteiger partial charge in [-0.15, -0.1) is 0 Å². The molecule has 0 atom stereocenters. The fraction of sp³-hybridized carbons (Fsp3) is 0.571. The van der Waals surface area contributed by atoms with Crippen molar-refractivity contribution in [2.75, 3.05) is 32.8 Å². The molecule has 1 fully saturated rings. The molecule has 1 amide bonds. The second-order valence-electron chi connectivity index (χ2n) is 5.51. The summed E-state index contributed by atoms with van der Waals surface area (Å²) in [6, 6.07) is 3.17. The van der Waals surface area contributed by atoms with E-state index in [1.165, 1.54) is 12.3 Å². The van der Waals surface area contributed by atoms with Gasteiger partial charge in [-0.25, -0.2) is 0 Å². The van der Waals surface area contributed by atoms with Gasteiger partial charge in [0.05, 0.1) is 13.2 Å². The lowest BCUT2D eigenvalue weighted by atomic mass is 10.0. The molecule has 1 aromatic rings. The van der Waals surface area contributed by atoms with Crippen molar-refractivity contribution >= 4 is 5.91 Å². The topological polar surface area (TPSA) is 74.4 Å². The summed E-state index contributed by atoms with van der Waals surface area (Å²) in [6.07, 6.45) is 1.51. The molecule has 0 radical (unpaired) electrons. The van der Waals surface area contributed by atoms with Crippen molar-refractivity contribution < 1.29 is 9.53 Å². The van der Waals surface area contributed by atoms with E-state index in [1.54, 1.807) is 6.07 Å². The number of morpholine rings is 1. The Morgan fingerprint density at radius 2 is 2.15 bits per heavy atom. The maximum Gasteiger partial charge on any atom is 0.260 e. The number of hydrogen-bond donors (Lipinski definition) is 2. The number of aromatic nitrogens is 1. The third-order valence-corrected chi connectivity index (χ3v) is 3.61. The van der Waals surface area contributed by atoms with Gasteiger partial charge in [0.15, 0.2) is 0 Å². The first-order chi connectivity index (χ1) is 9.50. The lowest BCUT2D eigenvalue weighted by molar-refractivity contribution is -0.00923. The molecule has 0 unspecified atom stereocenters. The van der Waals surface area contributed by atoms with Gasteiger partial charge in [-0.2, -0.15) is 0 Å². The van der Waals surface area contributed by atoms with Crippen molar-refractivity contribution in [1.82, 2.24) is 15.2 Å². The monoisotopic (exact) mass is 279 g/mol. The van der Waals surface area contributed by atoms with E-state index < -0.39 is 0 Å². The van der Waals surface area contributed by atoms with Crippen LogP contribution in [0, 0.1) is 0 Å². The molecule has 1 aromatic heterocycles. The summed E-state index contributed by atoms with van der Waals surface area (Å²) in [4.78, 5) is 28.3. The molecule has 6 nitrogen and oxygen atoms in total. The Kier molecular flexibility index (Phi) is 4.57. The zero-order chi connectivity index (χ0) is 14.6. The van der Waals surface area contributed by atoms with Crippen molar-refractivity contribution in [3.63, 3.8) is 0 Å². The van der Waals surface area contributed by atoms with Gasteiger partial charge >= 0.3 is 0 Å². The summed E-state index contributed by atoms with van der Waals surface area (Å²) in [5.74, 6) is -0.340. The number of carbonyl (C=O) groups is 1. The van der Waals surface area contributed by atoms with Crippen molar-refractivity contribution in [2.45, 2.75) is 19.4 Å². The minimum absolute atomic E-state index is 0.144. The van der Waals surface area contributed by atoms with Crippen molar-refractivity contribution in [1.29, 1.82) is 0 Å². The third kappa shape index (κ3) is 3.46. The zero-order valence-electron chi connectivity index (χ0n) is 11.9. The zero-order valence-corrected chi connectivity index (χ0v) is 11.9.